The summed E-state index contributed by atoms with van der Waals surface area (Å²) in [5.41, 5.74) is 3.12. The summed E-state index contributed by atoms with van der Waals surface area (Å²) in [6, 6.07) is 14.7. The molecule has 0 saturated heterocycles. The number of ether oxygens (including phenoxy) is 4. The first-order valence-corrected chi connectivity index (χ1v) is 16.0. The Balaban J connectivity index is 2.30. The van der Waals surface area contributed by atoms with E-state index in [2.05, 4.69) is 26.3 Å². The normalized spacial score (nSPS) is 12.9. The highest BCUT2D eigenvalue weighted by Gasteiger charge is 2.24. The first kappa shape index (κ1) is 41.9. The van der Waals surface area contributed by atoms with E-state index in [0.717, 1.165) is 35.4 Å². The van der Waals surface area contributed by atoms with Gasteiger partial charge in [-0.3, -0.25) is 0 Å². The quantitative estimate of drug-likeness (QED) is 0.0691. The average Bonchev–Trinajstić information content (AvgIpc) is 3.15. The summed E-state index contributed by atoms with van der Waals surface area (Å²) >= 11 is 0. The number of carbonyl (C=O) groups is 4. The number of aliphatic hydroxyl groups excluding tert-OH is 4. The number of rotatable bonds is 24. The molecule has 14 nitrogen and oxygen atoms in total. The Morgan fingerprint density at radius 1 is 0.490 bits per heavy atom. The van der Waals surface area contributed by atoms with Crippen molar-refractivity contribution in [2.45, 2.75) is 30.8 Å². The minimum absolute atomic E-state index is 0.0172. The number of esters is 4. The fraction of sp³-hybridized carbons (Fsp3) is 0.351. The van der Waals surface area contributed by atoms with Crippen LogP contribution in [0.5, 0.6) is 0 Å². The number of anilines is 2. The Morgan fingerprint density at radius 2 is 0.725 bits per heavy atom. The van der Waals surface area contributed by atoms with Gasteiger partial charge in [0.2, 0.25) is 0 Å². The number of hydrogen-bond acceptors (Lipinski definition) is 14. The zero-order valence-corrected chi connectivity index (χ0v) is 28.4. The molecule has 0 fully saturated rings. The standard InChI is InChI=1S/C37H46N2O12/c1-5-34(44)48-30(22-40)18-38(19-31(23-41)49-35(45)6-2)28-13-9-26(10-14-28)17-27-11-15-29(16-12-27)39(20-32(24-42)50-36(46)7-3)21-33(25-43)51-37(47)8-4/h5-16,30-33,40-43H,1-4,17-25H2. The van der Waals surface area contributed by atoms with Crippen LogP contribution in [0.1, 0.15) is 11.1 Å². The van der Waals surface area contributed by atoms with Crippen LogP contribution < -0.4 is 9.80 Å². The molecule has 0 aliphatic rings. The maximum Gasteiger partial charge on any atom is 0.330 e. The van der Waals surface area contributed by atoms with E-state index >= 15 is 0 Å². The van der Waals surface area contributed by atoms with Gasteiger partial charge in [0.25, 0.3) is 0 Å². The number of aliphatic hydroxyl groups is 4. The van der Waals surface area contributed by atoms with Crippen LogP contribution in [-0.2, 0) is 44.5 Å². The molecule has 0 amide bonds. The van der Waals surface area contributed by atoms with Gasteiger partial charge in [-0.1, -0.05) is 50.6 Å². The minimum Gasteiger partial charge on any atom is -0.455 e. The Labute approximate surface area is 297 Å². The first-order valence-electron chi connectivity index (χ1n) is 16.0. The van der Waals surface area contributed by atoms with Crippen LogP contribution in [0.25, 0.3) is 0 Å². The number of benzene rings is 2. The van der Waals surface area contributed by atoms with E-state index in [9.17, 15) is 39.6 Å². The van der Waals surface area contributed by atoms with Gasteiger partial charge in [0.05, 0.1) is 52.6 Å². The Bertz CT molecular complexity index is 1290. The van der Waals surface area contributed by atoms with Crippen LogP contribution in [0.2, 0.25) is 0 Å². The van der Waals surface area contributed by atoms with Crippen molar-refractivity contribution >= 4 is 35.3 Å². The summed E-state index contributed by atoms with van der Waals surface area (Å²) in [7, 11) is 0. The summed E-state index contributed by atoms with van der Waals surface area (Å²) in [5.74, 6) is -2.87. The molecule has 276 valence electrons. The molecule has 0 saturated carbocycles. The van der Waals surface area contributed by atoms with Gasteiger partial charge in [0, 0.05) is 35.7 Å². The van der Waals surface area contributed by atoms with Gasteiger partial charge in [0.15, 0.2) is 0 Å². The third-order valence-electron chi connectivity index (χ3n) is 7.32. The van der Waals surface area contributed by atoms with Crippen LogP contribution in [0.3, 0.4) is 0 Å². The Morgan fingerprint density at radius 3 is 0.922 bits per heavy atom. The highest BCUT2D eigenvalue weighted by atomic mass is 16.6. The molecule has 0 aliphatic carbocycles. The van der Waals surface area contributed by atoms with Gasteiger partial charge in [0.1, 0.15) is 24.4 Å². The van der Waals surface area contributed by atoms with Crippen molar-refractivity contribution in [1.29, 1.82) is 0 Å². The van der Waals surface area contributed by atoms with Crippen LogP contribution in [-0.4, -0.2) is 121 Å². The lowest BCUT2D eigenvalue weighted by atomic mass is 10.0. The molecular weight excluding hydrogens is 664 g/mol. The molecule has 4 atom stereocenters. The predicted molar refractivity (Wildman–Crippen MR) is 189 cm³/mol. The third kappa shape index (κ3) is 14.6. The van der Waals surface area contributed by atoms with Crippen LogP contribution in [0, 0.1) is 0 Å². The van der Waals surface area contributed by atoms with E-state index in [1.807, 2.05) is 24.3 Å². The second-order valence-electron chi connectivity index (χ2n) is 11.1. The predicted octanol–water partition coefficient (Wildman–Crippen LogP) is 1.25. The van der Waals surface area contributed by atoms with Crippen molar-refractivity contribution in [1.82, 2.24) is 0 Å². The van der Waals surface area contributed by atoms with E-state index in [1.54, 1.807) is 34.1 Å². The topological polar surface area (TPSA) is 193 Å². The summed E-state index contributed by atoms with van der Waals surface area (Å²) in [6.07, 6.45) is 0.678. The van der Waals surface area contributed by atoms with Crippen molar-refractivity contribution in [3.05, 3.63) is 110 Å². The van der Waals surface area contributed by atoms with Crippen LogP contribution >= 0.6 is 0 Å². The molecule has 2 aromatic rings. The van der Waals surface area contributed by atoms with E-state index < -0.39 is 74.7 Å². The minimum atomic E-state index is -0.939. The second kappa shape index (κ2) is 22.4. The smallest absolute Gasteiger partial charge is 0.330 e. The molecule has 14 heteroatoms. The van der Waals surface area contributed by atoms with Gasteiger partial charge in [-0.15, -0.1) is 0 Å². The van der Waals surface area contributed by atoms with Crippen molar-refractivity contribution in [2.24, 2.45) is 0 Å². The lowest BCUT2D eigenvalue weighted by Gasteiger charge is -2.31. The molecular formula is C37H46N2O12. The Hall–Kier alpha value is -5.28. The molecule has 0 aromatic heterocycles. The second-order valence-corrected chi connectivity index (χ2v) is 11.1. The zero-order chi connectivity index (χ0) is 37.8. The first-order chi connectivity index (χ1) is 24.5. The fourth-order valence-corrected chi connectivity index (χ4v) is 4.82. The summed E-state index contributed by atoms with van der Waals surface area (Å²) in [4.78, 5) is 50.6. The summed E-state index contributed by atoms with van der Waals surface area (Å²) in [6.45, 7) is 11.6. The SMILES string of the molecule is C=CC(=O)OC(CO)CN(CC(CO)OC(=O)C=C)c1ccc(Cc2ccc(N(CC(CO)OC(=O)C=C)CC(CO)OC(=O)C=C)cc2)cc1. The highest BCUT2D eigenvalue weighted by molar-refractivity contribution is 5.82. The maximum atomic E-state index is 11.8. The zero-order valence-electron chi connectivity index (χ0n) is 28.4. The molecule has 0 aliphatic heterocycles. The average molecular weight is 711 g/mol. The molecule has 0 bridgehead atoms. The lowest BCUT2D eigenvalue weighted by molar-refractivity contribution is -0.146. The van der Waals surface area contributed by atoms with E-state index in [4.69, 9.17) is 18.9 Å². The fourth-order valence-electron chi connectivity index (χ4n) is 4.82. The van der Waals surface area contributed by atoms with Crippen molar-refractivity contribution < 1.29 is 58.6 Å². The van der Waals surface area contributed by atoms with Gasteiger partial charge in [-0.05, 0) is 41.8 Å². The van der Waals surface area contributed by atoms with Crippen molar-refractivity contribution in [3.63, 3.8) is 0 Å². The molecule has 0 spiro atoms. The van der Waals surface area contributed by atoms with Gasteiger partial charge >= 0.3 is 23.9 Å². The summed E-state index contributed by atoms with van der Waals surface area (Å²) in [5, 5.41) is 39.4. The summed E-state index contributed by atoms with van der Waals surface area (Å²) < 4.78 is 20.9. The number of hydrogen-bond donors (Lipinski definition) is 4. The van der Waals surface area contributed by atoms with E-state index in [-0.39, 0.29) is 26.2 Å². The molecule has 51 heavy (non-hydrogen) atoms. The third-order valence-corrected chi connectivity index (χ3v) is 7.32. The van der Waals surface area contributed by atoms with Gasteiger partial charge in [-0.2, -0.15) is 0 Å². The molecule has 4 unspecified atom stereocenters. The van der Waals surface area contributed by atoms with Crippen LogP contribution in [0.15, 0.2) is 99.2 Å². The van der Waals surface area contributed by atoms with Crippen molar-refractivity contribution in [2.75, 3.05) is 62.4 Å². The molecule has 2 aromatic carbocycles. The van der Waals surface area contributed by atoms with Crippen LogP contribution in [0.4, 0.5) is 11.4 Å². The largest absolute Gasteiger partial charge is 0.455 e. The van der Waals surface area contributed by atoms with E-state index in [1.165, 1.54) is 0 Å². The molecule has 0 heterocycles. The highest BCUT2D eigenvalue weighted by Crippen LogP contribution is 2.22. The number of carbonyl (C=O) groups excluding carboxylic acids is 4. The van der Waals surface area contributed by atoms with Gasteiger partial charge in [-0.25, -0.2) is 19.2 Å². The molecule has 2 rings (SSSR count). The van der Waals surface area contributed by atoms with Crippen molar-refractivity contribution in [3.8, 4) is 0 Å². The number of nitrogens with zero attached hydrogens (tertiary/aromatic N) is 2. The molecule has 0 radical (unpaired) electrons. The van der Waals surface area contributed by atoms with Gasteiger partial charge < -0.3 is 49.2 Å². The monoisotopic (exact) mass is 710 g/mol. The Kier molecular flexibility index (Phi) is 18.4. The van der Waals surface area contributed by atoms with E-state index in [0.29, 0.717) is 17.8 Å². The lowest BCUT2D eigenvalue weighted by Crippen LogP contribution is -2.43. The molecule has 4 N–H and O–H groups in total. The maximum absolute atomic E-state index is 11.8.